The van der Waals surface area contributed by atoms with E-state index >= 15 is 0 Å². The van der Waals surface area contributed by atoms with E-state index in [1.54, 1.807) is 5.57 Å². The predicted molar refractivity (Wildman–Crippen MR) is 114 cm³/mol. The summed E-state index contributed by atoms with van der Waals surface area (Å²) in [5.74, 6) is 3.55. The van der Waals surface area contributed by atoms with E-state index in [0.717, 1.165) is 31.1 Å². The van der Waals surface area contributed by atoms with Gasteiger partial charge in [0.2, 0.25) is 0 Å². The van der Waals surface area contributed by atoms with E-state index in [1.807, 2.05) is 0 Å². The average molecular weight is 385 g/mol. The molecule has 9 atom stereocenters. The molecule has 0 aromatic rings. The highest BCUT2D eigenvalue weighted by atomic mass is 16.6. The van der Waals surface area contributed by atoms with E-state index < -0.39 is 0 Å². The van der Waals surface area contributed by atoms with Crippen molar-refractivity contribution >= 4 is 0 Å². The lowest BCUT2D eigenvalue weighted by molar-refractivity contribution is -0.0527. The van der Waals surface area contributed by atoms with Gasteiger partial charge in [0.1, 0.15) is 11.7 Å². The summed E-state index contributed by atoms with van der Waals surface area (Å²) in [6.07, 6.45) is 15.9. The summed E-state index contributed by atoms with van der Waals surface area (Å²) in [5, 5.41) is 10.3. The van der Waals surface area contributed by atoms with Gasteiger partial charge >= 0.3 is 0 Å². The third-order valence-electron chi connectivity index (χ3n) is 9.98. The molecule has 2 heteroatoms. The lowest BCUT2D eigenvalue weighted by Gasteiger charge is -2.56. The molecular formula is C26H40O2. The van der Waals surface area contributed by atoms with Crippen molar-refractivity contribution < 1.29 is 9.84 Å². The maximum absolute atomic E-state index is 10.3. The van der Waals surface area contributed by atoms with Crippen LogP contribution in [0, 0.1) is 40.4 Å². The van der Waals surface area contributed by atoms with Gasteiger partial charge in [-0.05, 0) is 73.5 Å². The van der Waals surface area contributed by atoms with Crippen LogP contribution in [0.4, 0.5) is 0 Å². The Morgan fingerprint density at radius 2 is 1.82 bits per heavy atom. The summed E-state index contributed by atoms with van der Waals surface area (Å²) in [5.41, 5.74) is 2.40. The normalized spacial score (nSPS) is 53.2. The van der Waals surface area contributed by atoms with Crippen LogP contribution >= 0.6 is 0 Å². The van der Waals surface area contributed by atoms with Crippen LogP contribution in [-0.2, 0) is 4.74 Å². The minimum absolute atomic E-state index is 0.0438. The molecule has 1 N–H and O–H groups in total. The van der Waals surface area contributed by atoms with Crippen molar-refractivity contribution in [1.82, 2.24) is 0 Å². The van der Waals surface area contributed by atoms with Crippen molar-refractivity contribution in [2.45, 2.75) is 97.4 Å². The van der Waals surface area contributed by atoms with E-state index in [0.29, 0.717) is 23.2 Å². The standard InChI is InChI=1S/C26H40O2/c1-16(2)6-7-17(3)20-8-9-21-19-14-23-26(28-23)15-18(27)10-13-25(26,5)22(19)11-12-24(20,21)4/h6-7,14,16-18,20-23,27H,8-13,15H2,1-5H3/b7-6+/t17-,18+,20-,21+,22+,23+,24-,25-,26+/m1/s1. The number of hydrogen-bond donors (Lipinski definition) is 1. The van der Waals surface area contributed by atoms with Crippen LogP contribution in [0.1, 0.15) is 79.6 Å². The molecule has 2 nitrogen and oxygen atoms in total. The smallest absolute Gasteiger partial charge is 0.107 e. The molecule has 4 aliphatic carbocycles. The summed E-state index contributed by atoms with van der Waals surface area (Å²) in [4.78, 5) is 0. The summed E-state index contributed by atoms with van der Waals surface area (Å²) < 4.78 is 6.41. The van der Waals surface area contributed by atoms with Crippen molar-refractivity contribution in [1.29, 1.82) is 0 Å². The highest BCUT2D eigenvalue weighted by Gasteiger charge is 2.73. The molecular weight excluding hydrogens is 344 g/mol. The first-order valence-corrected chi connectivity index (χ1v) is 12.0. The van der Waals surface area contributed by atoms with Crippen molar-refractivity contribution in [3.63, 3.8) is 0 Å². The van der Waals surface area contributed by atoms with Crippen LogP contribution in [0.3, 0.4) is 0 Å². The van der Waals surface area contributed by atoms with Gasteiger partial charge in [-0.2, -0.15) is 0 Å². The molecule has 1 saturated heterocycles. The Labute approximate surface area is 171 Å². The minimum Gasteiger partial charge on any atom is -0.393 e. The highest BCUT2D eigenvalue weighted by molar-refractivity contribution is 5.38. The molecule has 1 aliphatic heterocycles. The molecule has 5 aliphatic rings. The van der Waals surface area contributed by atoms with E-state index in [-0.39, 0.29) is 23.2 Å². The third-order valence-corrected chi connectivity index (χ3v) is 9.98. The zero-order valence-electron chi connectivity index (χ0n) is 18.6. The van der Waals surface area contributed by atoms with Crippen molar-refractivity contribution in [3.8, 4) is 0 Å². The lowest BCUT2D eigenvalue weighted by Crippen LogP contribution is -2.55. The summed E-state index contributed by atoms with van der Waals surface area (Å²) in [6, 6.07) is 0. The van der Waals surface area contributed by atoms with E-state index in [4.69, 9.17) is 4.74 Å². The second kappa shape index (κ2) is 6.20. The topological polar surface area (TPSA) is 32.8 Å². The Balaban J connectivity index is 1.45. The number of rotatable bonds is 3. The second-order valence-corrected chi connectivity index (χ2v) is 11.7. The number of epoxide rings is 1. The van der Waals surface area contributed by atoms with Gasteiger partial charge in [-0.25, -0.2) is 0 Å². The summed E-state index contributed by atoms with van der Waals surface area (Å²) in [7, 11) is 0. The molecule has 0 aromatic heterocycles. The molecule has 0 amide bonds. The molecule has 0 radical (unpaired) electrons. The summed E-state index contributed by atoms with van der Waals surface area (Å²) >= 11 is 0. The first kappa shape index (κ1) is 19.4. The lowest BCUT2D eigenvalue weighted by atomic mass is 9.47. The number of aliphatic hydroxyl groups is 1. The Bertz CT molecular complexity index is 707. The molecule has 5 rings (SSSR count). The molecule has 0 unspecified atom stereocenters. The Kier molecular flexibility index (Phi) is 4.29. The molecule has 0 aromatic carbocycles. The van der Waals surface area contributed by atoms with Crippen LogP contribution in [0.25, 0.3) is 0 Å². The Hall–Kier alpha value is -0.600. The van der Waals surface area contributed by atoms with Gasteiger partial charge < -0.3 is 9.84 Å². The number of hydrogen-bond acceptors (Lipinski definition) is 2. The van der Waals surface area contributed by atoms with Gasteiger partial charge in [0, 0.05) is 11.8 Å². The van der Waals surface area contributed by atoms with Gasteiger partial charge in [-0.1, -0.05) is 58.4 Å². The molecule has 28 heavy (non-hydrogen) atoms. The minimum atomic E-state index is -0.161. The van der Waals surface area contributed by atoms with Crippen LogP contribution in [0.15, 0.2) is 23.8 Å². The average Bonchev–Trinajstić information content (AvgIpc) is 3.21. The molecule has 3 saturated carbocycles. The first-order chi connectivity index (χ1) is 13.2. The van der Waals surface area contributed by atoms with Gasteiger partial charge in [0.15, 0.2) is 0 Å². The van der Waals surface area contributed by atoms with Crippen molar-refractivity contribution in [2.75, 3.05) is 0 Å². The summed E-state index contributed by atoms with van der Waals surface area (Å²) in [6.45, 7) is 12.1. The van der Waals surface area contributed by atoms with E-state index in [1.165, 1.54) is 25.7 Å². The zero-order valence-corrected chi connectivity index (χ0v) is 18.6. The fraction of sp³-hybridized carbons (Fsp3) is 0.846. The number of allylic oxidation sites excluding steroid dienone is 3. The number of ether oxygens (including phenoxy) is 1. The quantitative estimate of drug-likeness (QED) is 0.485. The maximum Gasteiger partial charge on any atom is 0.107 e. The zero-order chi connectivity index (χ0) is 19.9. The number of fused-ring (bicyclic) bond motifs is 4. The highest BCUT2D eigenvalue weighted by Crippen LogP contribution is 2.72. The van der Waals surface area contributed by atoms with E-state index in [2.05, 4.69) is 52.8 Å². The van der Waals surface area contributed by atoms with Gasteiger partial charge in [0.25, 0.3) is 0 Å². The largest absolute Gasteiger partial charge is 0.393 e. The van der Waals surface area contributed by atoms with Crippen LogP contribution in [-0.4, -0.2) is 22.9 Å². The predicted octanol–water partition coefficient (Wildman–Crippen LogP) is 5.91. The second-order valence-electron chi connectivity index (χ2n) is 11.7. The Morgan fingerprint density at radius 3 is 2.57 bits per heavy atom. The monoisotopic (exact) mass is 384 g/mol. The molecule has 0 bridgehead atoms. The third kappa shape index (κ3) is 2.46. The van der Waals surface area contributed by atoms with E-state index in [9.17, 15) is 5.11 Å². The van der Waals surface area contributed by atoms with Crippen molar-refractivity contribution in [2.24, 2.45) is 40.4 Å². The van der Waals surface area contributed by atoms with Gasteiger partial charge in [0.05, 0.1) is 6.10 Å². The van der Waals surface area contributed by atoms with Crippen LogP contribution in [0.5, 0.6) is 0 Å². The fourth-order valence-electron chi connectivity index (χ4n) is 8.34. The molecule has 4 fully saturated rings. The first-order valence-electron chi connectivity index (χ1n) is 12.0. The van der Waals surface area contributed by atoms with Crippen LogP contribution < -0.4 is 0 Å². The van der Waals surface area contributed by atoms with Gasteiger partial charge in [-0.3, -0.25) is 0 Å². The fourth-order valence-corrected chi connectivity index (χ4v) is 8.34. The maximum atomic E-state index is 10.3. The SMILES string of the molecule is CC(C)/C=C/[C@@H](C)[C@H]1CC[C@H]2C3=C[C@@H]4O[C@@]45C[C@@H](O)CC[C@]5(C)[C@H]3CC[C@]12C. The van der Waals surface area contributed by atoms with Gasteiger partial charge in [-0.15, -0.1) is 0 Å². The molecule has 156 valence electrons. The molecule has 1 spiro atoms. The Morgan fingerprint density at radius 1 is 1.04 bits per heavy atom. The molecule has 1 heterocycles. The van der Waals surface area contributed by atoms with Crippen molar-refractivity contribution in [3.05, 3.63) is 23.8 Å². The van der Waals surface area contributed by atoms with Crippen LogP contribution in [0.2, 0.25) is 0 Å². The number of aliphatic hydroxyl groups excluding tert-OH is 1.